The zero-order valence-electron chi connectivity index (χ0n) is 18.0. The van der Waals surface area contributed by atoms with Crippen LogP contribution in [0.3, 0.4) is 0 Å². The Kier molecular flexibility index (Phi) is 6.49. The van der Waals surface area contributed by atoms with Gasteiger partial charge in [-0.1, -0.05) is 18.2 Å². The highest BCUT2D eigenvalue weighted by molar-refractivity contribution is 5.93. The van der Waals surface area contributed by atoms with E-state index in [1.165, 1.54) is 30.3 Å². The Morgan fingerprint density at radius 1 is 0.824 bits per heavy atom. The van der Waals surface area contributed by atoms with Crippen LogP contribution in [-0.2, 0) is 4.79 Å². The number of hydrogen-bond donors (Lipinski definition) is 2. The highest BCUT2D eigenvalue weighted by atomic mass is 19.1. The van der Waals surface area contributed by atoms with Gasteiger partial charge in [-0.3, -0.25) is 9.59 Å². The molecule has 34 heavy (non-hydrogen) atoms. The van der Waals surface area contributed by atoms with Gasteiger partial charge in [-0.15, -0.1) is 0 Å². The van der Waals surface area contributed by atoms with E-state index < -0.39 is 11.8 Å². The van der Waals surface area contributed by atoms with Gasteiger partial charge in [0.2, 0.25) is 5.91 Å². The average Bonchev–Trinajstić information content (AvgIpc) is 2.84. The third-order valence-electron chi connectivity index (χ3n) is 4.96. The summed E-state index contributed by atoms with van der Waals surface area (Å²) in [6.45, 7) is -0.101. The molecule has 0 fully saturated rings. The molecule has 0 bridgehead atoms. The van der Waals surface area contributed by atoms with Gasteiger partial charge in [0.15, 0.2) is 0 Å². The first kappa shape index (κ1) is 22.5. The van der Waals surface area contributed by atoms with Gasteiger partial charge in [-0.25, -0.2) is 9.37 Å². The maximum atomic E-state index is 13.1. The second-order valence-electron chi connectivity index (χ2n) is 7.43. The molecule has 3 aromatic carbocycles. The van der Waals surface area contributed by atoms with Crippen molar-refractivity contribution in [2.75, 3.05) is 11.4 Å². The van der Waals surface area contributed by atoms with Crippen molar-refractivity contribution in [1.29, 1.82) is 0 Å². The Labute approximate surface area is 195 Å². The molecule has 8 heteroatoms. The van der Waals surface area contributed by atoms with Crippen molar-refractivity contribution in [3.8, 4) is 22.8 Å². The number of primary amides is 2. The largest absolute Gasteiger partial charge is 0.457 e. The fourth-order valence-electron chi connectivity index (χ4n) is 3.37. The lowest BCUT2D eigenvalue weighted by Crippen LogP contribution is -2.30. The van der Waals surface area contributed by atoms with Crippen LogP contribution in [0.4, 0.5) is 15.8 Å². The maximum Gasteiger partial charge on any atom is 0.267 e. The highest BCUT2D eigenvalue weighted by Gasteiger charge is 2.17. The maximum absolute atomic E-state index is 13.1. The molecule has 2 amide bonds. The minimum Gasteiger partial charge on any atom is -0.457 e. The zero-order valence-corrected chi connectivity index (χ0v) is 18.0. The molecule has 170 valence electrons. The smallest absolute Gasteiger partial charge is 0.267 e. The minimum absolute atomic E-state index is 0.0459. The molecule has 4 aromatic rings. The van der Waals surface area contributed by atoms with Crippen LogP contribution in [-0.4, -0.2) is 23.3 Å². The molecule has 7 nitrogen and oxygen atoms in total. The van der Waals surface area contributed by atoms with E-state index in [9.17, 15) is 14.0 Å². The standard InChI is InChI=1S/C26H21FN4O3/c27-18-8-12-22(13-9-18)34-21-10-6-17(7-11-21)23-14-20(15-24(30-23)26(29)33)31(16-25(28)32)19-4-2-1-3-5-19/h1-15H,16H2,(H2,28,32)(H2,29,33). The minimum atomic E-state index is -0.702. The van der Waals surface area contributed by atoms with E-state index >= 15 is 0 Å². The second-order valence-corrected chi connectivity index (χ2v) is 7.43. The Morgan fingerprint density at radius 3 is 2.03 bits per heavy atom. The van der Waals surface area contributed by atoms with Crippen molar-refractivity contribution < 1.29 is 18.7 Å². The van der Waals surface area contributed by atoms with Gasteiger partial charge in [0.25, 0.3) is 5.91 Å². The Bertz CT molecular complexity index is 1310. The number of amides is 2. The first-order valence-electron chi connectivity index (χ1n) is 10.4. The predicted octanol–water partition coefficient (Wildman–Crippen LogP) is 4.40. The van der Waals surface area contributed by atoms with E-state index in [2.05, 4.69) is 4.98 Å². The number of aromatic nitrogens is 1. The van der Waals surface area contributed by atoms with E-state index in [-0.39, 0.29) is 18.1 Å². The monoisotopic (exact) mass is 456 g/mol. The van der Waals surface area contributed by atoms with Crippen LogP contribution in [0.25, 0.3) is 11.3 Å². The number of ether oxygens (including phenoxy) is 1. The van der Waals surface area contributed by atoms with Gasteiger partial charge in [-0.2, -0.15) is 0 Å². The summed E-state index contributed by atoms with van der Waals surface area (Å²) < 4.78 is 18.8. The normalized spacial score (nSPS) is 10.5. The number of para-hydroxylation sites is 1. The lowest BCUT2D eigenvalue weighted by molar-refractivity contribution is -0.116. The summed E-state index contributed by atoms with van der Waals surface area (Å²) in [6.07, 6.45) is 0. The lowest BCUT2D eigenvalue weighted by atomic mass is 10.1. The van der Waals surface area contributed by atoms with Crippen molar-refractivity contribution in [3.05, 3.63) is 103 Å². The molecule has 0 atom stereocenters. The number of pyridine rings is 1. The molecule has 0 saturated heterocycles. The van der Waals surface area contributed by atoms with Crippen LogP contribution in [0.15, 0.2) is 91.0 Å². The molecule has 4 N–H and O–H groups in total. The number of carbonyl (C=O) groups is 2. The van der Waals surface area contributed by atoms with E-state index in [0.717, 1.165) is 5.69 Å². The van der Waals surface area contributed by atoms with Crippen molar-refractivity contribution >= 4 is 23.2 Å². The molecule has 1 aromatic heterocycles. The second kappa shape index (κ2) is 9.83. The summed E-state index contributed by atoms with van der Waals surface area (Å²) in [5.41, 5.74) is 13.5. The van der Waals surface area contributed by atoms with Crippen LogP contribution in [0.2, 0.25) is 0 Å². The number of carbonyl (C=O) groups excluding carboxylic acids is 2. The van der Waals surface area contributed by atoms with Crippen molar-refractivity contribution in [2.45, 2.75) is 0 Å². The SMILES string of the molecule is NC(=O)CN(c1ccccc1)c1cc(C(N)=O)nc(-c2ccc(Oc3ccc(F)cc3)cc2)c1. The third kappa shape index (κ3) is 5.36. The van der Waals surface area contributed by atoms with Gasteiger partial charge in [0, 0.05) is 16.9 Å². The van der Waals surface area contributed by atoms with Crippen molar-refractivity contribution in [1.82, 2.24) is 4.98 Å². The quantitative estimate of drug-likeness (QED) is 0.408. The van der Waals surface area contributed by atoms with Crippen LogP contribution >= 0.6 is 0 Å². The van der Waals surface area contributed by atoms with E-state index in [1.807, 2.05) is 30.3 Å². The summed E-state index contributed by atoms with van der Waals surface area (Å²) in [4.78, 5) is 29.8. The third-order valence-corrected chi connectivity index (χ3v) is 4.96. The molecule has 0 unspecified atom stereocenters. The predicted molar refractivity (Wildman–Crippen MR) is 127 cm³/mol. The Balaban J connectivity index is 1.69. The number of anilines is 2. The van der Waals surface area contributed by atoms with Crippen LogP contribution in [0, 0.1) is 5.82 Å². The molecule has 0 aliphatic heterocycles. The Hall–Kier alpha value is -4.72. The van der Waals surface area contributed by atoms with Gasteiger partial charge in [-0.05, 0) is 72.8 Å². The van der Waals surface area contributed by atoms with E-state index in [1.54, 1.807) is 35.2 Å². The summed E-state index contributed by atoms with van der Waals surface area (Å²) in [5.74, 6) is -0.548. The molecule has 0 spiro atoms. The molecule has 0 radical (unpaired) electrons. The van der Waals surface area contributed by atoms with Crippen molar-refractivity contribution in [2.24, 2.45) is 11.5 Å². The first-order valence-corrected chi connectivity index (χ1v) is 10.4. The van der Waals surface area contributed by atoms with E-state index in [0.29, 0.717) is 28.4 Å². The number of halogens is 1. The number of rotatable bonds is 8. The van der Waals surface area contributed by atoms with Crippen LogP contribution in [0.1, 0.15) is 10.5 Å². The molecular formula is C26H21FN4O3. The van der Waals surface area contributed by atoms with E-state index in [4.69, 9.17) is 16.2 Å². The summed E-state index contributed by atoms with van der Waals surface area (Å²) in [7, 11) is 0. The number of benzene rings is 3. The topological polar surface area (TPSA) is 112 Å². The van der Waals surface area contributed by atoms with Crippen LogP contribution < -0.4 is 21.1 Å². The first-order chi connectivity index (χ1) is 16.4. The zero-order chi connectivity index (χ0) is 24.1. The highest BCUT2D eigenvalue weighted by Crippen LogP contribution is 2.31. The van der Waals surface area contributed by atoms with Crippen molar-refractivity contribution in [3.63, 3.8) is 0 Å². The molecule has 0 aliphatic rings. The fourth-order valence-corrected chi connectivity index (χ4v) is 3.37. The summed E-state index contributed by atoms with van der Waals surface area (Å²) in [5, 5.41) is 0. The van der Waals surface area contributed by atoms with Gasteiger partial charge in [0.1, 0.15) is 29.6 Å². The molecule has 1 heterocycles. The van der Waals surface area contributed by atoms with Gasteiger partial charge < -0.3 is 21.1 Å². The van der Waals surface area contributed by atoms with Crippen LogP contribution in [0.5, 0.6) is 11.5 Å². The summed E-state index contributed by atoms with van der Waals surface area (Å²) in [6, 6.07) is 25.2. The molecule has 0 saturated carbocycles. The number of nitrogens with two attached hydrogens (primary N) is 2. The number of nitrogens with zero attached hydrogens (tertiary/aromatic N) is 2. The van der Waals surface area contributed by atoms with Gasteiger partial charge >= 0.3 is 0 Å². The summed E-state index contributed by atoms with van der Waals surface area (Å²) >= 11 is 0. The fraction of sp³-hybridized carbons (Fsp3) is 0.0385. The molecule has 4 rings (SSSR count). The number of hydrogen-bond acceptors (Lipinski definition) is 5. The van der Waals surface area contributed by atoms with Gasteiger partial charge in [0.05, 0.1) is 5.69 Å². The average molecular weight is 456 g/mol. The Morgan fingerprint density at radius 2 is 1.44 bits per heavy atom. The lowest BCUT2D eigenvalue weighted by Gasteiger charge is -2.24. The molecular weight excluding hydrogens is 435 g/mol. The molecule has 0 aliphatic carbocycles.